The summed E-state index contributed by atoms with van der Waals surface area (Å²) in [6, 6.07) is 0. The molecule has 1 rings (SSSR count). The van der Waals surface area contributed by atoms with Crippen LogP contribution in [-0.2, 0) is 0 Å². The van der Waals surface area contributed by atoms with Gasteiger partial charge in [-0.15, -0.1) is 0 Å². The van der Waals surface area contributed by atoms with Crippen LogP contribution in [0.5, 0.6) is 11.6 Å². The van der Waals surface area contributed by atoms with Crippen molar-refractivity contribution in [3.05, 3.63) is 6.20 Å². The zero-order valence-corrected chi connectivity index (χ0v) is 7.62. The van der Waals surface area contributed by atoms with Gasteiger partial charge in [-0.05, 0) is 0 Å². The molecule has 7 heteroatoms. The molecule has 78 valence electrons. The van der Waals surface area contributed by atoms with Crippen molar-refractivity contribution in [1.29, 1.82) is 0 Å². The maximum atomic E-state index is 12.5. The quantitative estimate of drug-likeness (QED) is 0.798. The smallest absolute Gasteiger partial charge is 0.395 e. The van der Waals surface area contributed by atoms with Crippen molar-refractivity contribution in [2.75, 3.05) is 12.8 Å². The van der Waals surface area contributed by atoms with Gasteiger partial charge in [-0.2, -0.15) is 13.8 Å². The molecule has 5 nitrogen and oxygen atoms in total. The lowest BCUT2D eigenvalue weighted by Crippen LogP contribution is -2.20. The minimum absolute atomic E-state index is 0.0754. The van der Waals surface area contributed by atoms with E-state index in [0.29, 0.717) is 6.92 Å². The Hall–Kier alpha value is -1.66. The molecule has 1 aromatic rings. The van der Waals surface area contributed by atoms with Gasteiger partial charge in [0.05, 0.1) is 13.3 Å². The lowest BCUT2D eigenvalue weighted by molar-refractivity contribution is -0.160. The molecule has 2 N–H and O–H groups in total. The second-order valence-electron chi connectivity index (χ2n) is 2.51. The number of methoxy groups -OCH3 is 1. The van der Waals surface area contributed by atoms with Crippen LogP contribution < -0.4 is 15.2 Å². The van der Waals surface area contributed by atoms with Crippen LogP contribution in [-0.4, -0.2) is 23.2 Å². The van der Waals surface area contributed by atoms with Gasteiger partial charge in [0.25, 0.3) is 5.88 Å². The maximum Gasteiger partial charge on any atom is 0.395 e. The van der Waals surface area contributed by atoms with E-state index in [4.69, 9.17) is 5.73 Å². The third-order valence-electron chi connectivity index (χ3n) is 1.22. The minimum atomic E-state index is -3.31. The Balaban J connectivity index is 2.97. The molecule has 0 spiro atoms. The zero-order valence-electron chi connectivity index (χ0n) is 7.62. The van der Waals surface area contributed by atoms with Crippen molar-refractivity contribution in [3.8, 4) is 11.6 Å². The maximum absolute atomic E-state index is 12.5. The van der Waals surface area contributed by atoms with Gasteiger partial charge in [0.1, 0.15) is 0 Å². The van der Waals surface area contributed by atoms with Crippen molar-refractivity contribution < 1.29 is 18.3 Å². The molecule has 14 heavy (non-hydrogen) atoms. The number of nitrogens with zero attached hydrogens (tertiary/aromatic N) is 2. The first-order valence-electron chi connectivity index (χ1n) is 3.65. The standard InChI is InChI=1S/C7H9F2N3O2/c1-7(8,9)14-4-3-11-6(10)12-5(4)13-2/h3H,1-2H3,(H2,10,11,12). The summed E-state index contributed by atoms with van der Waals surface area (Å²) in [6.07, 6.45) is -2.29. The minimum Gasteiger partial charge on any atom is -0.478 e. The van der Waals surface area contributed by atoms with E-state index in [-0.39, 0.29) is 17.6 Å². The largest absolute Gasteiger partial charge is 0.478 e. The number of aromatic nitrogens is 2. The molecule has 0 aliphatic carbocycles. The van der Waals surface area contributed by atoms with Crippen LogP contribution in [0.1, 0.15) is 6.92 Å². The Kier molecular flexibility index (Phi) is 2.68. The highest BCUT2D eigenvalue weighted by Crippen LogP contribution is 2.28. The number of nitrogens with two attached hydrogens (primary N) is 1. The number of hydrogen-bond acceptors (Lipinski definition) is 5. The molecule has 0 bridgehead atoms. The van der Waals surface area contributed by atoms with Crippen LogP contribution in [0.4, 0.5) is 14.7 Å². The predicted octanol–water partition coefficient (Wildman–Crippen LogP) is 1.06. The average Bonchev–Trinajstić information content (AvgIpc) is 2.06. The fourth-order valence-corrected chi connectivity index (χ4v) is 0.777. The van der Waals surface area contributed by atoms with Gasteiger partial charge in [0.2, 0.25) is 11.7 Å². The van der Waals surface area contributed by atoms with E-state index < -0.39 is 6.11 Å². The molecular formula is C7H9F2N3O2. The SMILES string of the molecule is COc1nc(N)ncc1OC(C)(F)F. The molecule has 0 unspecified atom stereocenters. The molecule has 0 aromatic carbocycles. The highest BCUT2D eigenvalue weighted by atomic mass is 19.3. The molecule has 0 aliphatic heterocycles. The highest BCUT2D eigenvalue weighted by Gasteiger charge is 2.25. The predicted molar refractivity (Wildman–Crippen MR) is 44.2 cm³/mol. The van der Waals surface area contributed by atoms with E-state index in [9.17, 15) is 8.78 Å². The summed E-state index contributed by atoms with van der Waals surface area (Å²) in [4.78, 5) is 7.06. The van der Waals surface area contributed by atoms with E-state index >= 15 is 0 Å². The Bertz CT molecular complexity index is 327. The zero-order chi connectivity index (χ0) is 10.8. The van der Waals surface area contributed by atoms with E-state index in [1.807, 2.05) is 0 Å². The molecule has 0 amide bonds. The molecule has 0 saturated carbocycles. The Morgan fingerprint density at radius 1 is 1.50 bits per heavy atom. The van der Waals surface area contributed by atoms with E-state index in [1.54, 1.807) is 0 Å². The van der Waals surface area contributed by atoms with Gasteiger partial charge >= 0.3 is 6.11 Å². The van der Waals surface area contributed by atoms with Crippen LogP contribution >= 0.6 is 0 Å². The van der Waals surface area contributed by atoms with Gasteiger partial charge in [-0.1, -0.05) is 0 Å². The molecule has 0 radical (unpaired) electrons. The van der Waals surface area contributed by atoms with E-state index in [1.165, 1.54) is 7.11 Å². The lowest BCUT2D eigenvalue weighted by atomic mass is 10.5. The monoisotopic (exact) mass is 205 g/mol. The second kappa shape index (κ2) is 3.60. The van der Waals surface area contributed by atoms with Gasteiger partial charge in [0, 0.05) is 6.92 Å². The second-order valence-corrected chi connectivity index (χ2v) is 2.51. The summed E-state index contributed by atoms with van der Waals surface area (Å²) in [6.45, 7) is 0.600. The van der Waals surface area contributed by atoms with Gasteiger partial charge in [-0.3, -0.25) is 0 Å². The summed E-state index contributed by atoms with van der Waals surface area (Å²) < 4.78 is 33.8. The molecule has 1 aromatic heterocycles. The number of alkyl halides is 2. The van der Waals surface area contributed by atoms with Crippen LogP contribution in [0.2, 0.25) is 0 Å². The number of rotatable bonds is 3. The van der Waals surface area contributed by atoms with Crippen LogP contribution in [0.15, 0.2) is 6.20 Å². The van der Waals surface area contributed by atoms with Gasteiger partial charge < -0.3 is 15.2 Å². The topological polar surface area (TPSA) is 70.3 Å². The summed E-state index contributed by atoms with van der Waals surface area (Å²) in [5, 5.41) is 0. The summed E-state index contributed by atoms with van der Waals surface area (Å²) in [5.41, 5.74) is 5.22. The highest BCUT2D eigenvalue weighted by molar-refractivity contribution is 5.35. The third kappa shape index (κ3) is 2.68. The van der Waals surface area contributed by atoms with Crippen molar-refractivity contribution in [1.82, 2.24) is 9.97 Å². The molecular weight excluding hydrogens is 196 g/mol. The lowest BCUT2D eigenvalue weighted by Gasteiger charge is -2.14. The average molecular weight is 205 g/mol. The fraction of sp³-hybridized carbons (Fsp3) is 0.429. The van der Waals surface area contributed by atoms with Crippen molar-refractivity contribution in [2.45, 2.75) is 13.0 Å². The Morgan fingerprint density at radius 2 is 2.14 bits per heavy atom. The van der Waals surface area contributed by atoms with E-state index in [2.05, 4.69) is 19.4 Å². The van der Waals surface area contributed by atoms with Crippen molar-refractivity contribution >= 4 is 5.95 Å². The molecule has 0 saturated heterocycles. The molecule has 0 atom stereocenters. The number of ether oxygens (including phenoxy) is 2. The fourth-order valence-electron chi connectivity index (χ4n) is 0.777. The Labute approximate surface area is 78.9 Å². The summed E-state index contributed by atoms with van der Waals surface area (Å²) in [7, 11) is 1.27. The van der Waals surface area contributed by atoms with Gasteiger partial charge in [-0.25, -0.2) is 4.98 Å². The molecule has 0 fully saturated rings. The number of hydrogen-bond donors (Lipinski definition) is 1. The van der Waals surface area contributed by atoms with Crippen LogP contribution in [0.25, 0.3) is 0 Å². The third-order valence-corrected chi connectivity index (χ3v) is 1.22. The van der Waals surface area contributed by atoms with Gasteiger partial charge in [0.15, 0.2) is 0 Å². The molecule has 0 aliphatic rings. The first kappa shape index (κ1) is 10.4. The van der Waals surface area contributed by atoms with Crippen LogP contribution in [0.3, 0.4) is 0 Å². The van der Waals surface area contributed by atoms with Crippen molar-refractivity contribution in [2.24, 2.45) is 0 Å². The number of anilines is 1. The Morgan fingerprint density at radius 3 is 2.64 bits per heavy atom. The molecule has 1 heterocycles. The summed E-state index contributed by atoms with van der Waals surface area (Å²) >= 11 is 0. The first-order valence-corrected chi connectivity index (χ1v) is 3.65. The summed E-state index contributed by atoms with van der Waals surface area (Å²) in [5.74, 6) is -0.457. The first-order chi connectivity index (χ1) is 6.42. The van der Waals surface area contributed by atoms with Crippen LogP contribution in [0, 0.1) is 0 Å². The van der Waals surface area contributed by atoms with E-state index in [0.717, 1.165) is 6.20 Å². The normalized spacial score (nSPS) is 11.1. The van der Waals surface area contributed by atoms with Crippen molar-refractivity contribution in [3.63, 3.8) is 0 Å². The number of nitrogen functional groups attached to an aromatic ring is 1. The number of halogens is 2.